The van der Waals surface area contributed by atoms with Crippen LogP contribution < -0.4 is 4.74 Å². The molecule has 0 aliphatic heterocycles. The van der Waals surface area contributed by atoms with Gasteiger partial charge in [0.1, 0.15) is 23.0 Å². The zero-order valence-corrected chi connectivity index (χ0v) is 39.0. The number of hydrogen-bond acceptors (Lipinski definition) is 5. The van der Waals surface area contributed by atoms with E-state index < -0.39 is 0 Å². The maximum atomic E-state index is 11.1. The summed E-state index contributed by atoms with van der Waals surface area (Å²) in [5.74, 6) is 2.22. The lowest BCUT2D eigenvalue weighted by Gasteiger charge is -2.28. The molecule has 0 spiro atoms. The van der Waals surface area contributed by atoms with Crippen LogP contribution in [0.4, 0.5) is 0 Å². The smallest absolute Gasteiger partial charge is 0.196 e. The highest BCUT2D eigenvalue weighted by molar-refractivity contribution is 5.85. The van der Waals surface area contributed by atoms with E-state index in [-0.39, 0.29) is 41.8 Å². The quantitative estimate of drug-likeness (QED) is 0.0753. The average Bonchev–Trinajstić information content (AvgIpc) is 3.17. The van der Waals surface area contributed by atoms with Crippen LogP contribution in [-0.2, 0) is 4.74 Å². The highest BCUT2D eigenvalue weighted by atomic mass is 16.7. The molecule has 6 aromatic carbocycles. The topological polar surface area (TPSA) is 79.2 Å². The van der Waals surface area contributed by atoms with Crippen molar-refractivity contribution in [2.75, 3.05) is 6.61 Å². The van der Waals surface area contributed by atoms with Crippen LogP contribution in [-0.4, -0.2) is 28.2 Å². The maximum Gasteiger partial charge on any atom is 0.196 e. The number of rotatable bonds is 14. The molecular weight excluding hydrogens is 753 g/mol. The number of phenolic OH excluding ortho intramolecular Hbond substituents is 3. The zero-order chi connectivity index (χ0) is 44.6. The number of benzene rings is 6. The Kier molecular flexibility index (Phi) is 13.6. The highest BCUT2D eigenvalue weighted by Crippen LogP contribution is 2.45. The number of aromatic hydroxyl groups is 3. The van der Waals surface area contributed by atoms with Crippen molar-refractivity contribution in [3.05, 3.63) is 163 Å². The zero-order valence-electron chi connectivity index (χ0n) is 39.0. The molecule has 2 unspecified atom stereocenters. The first kappa shape index (κ1) is 45.3. The van der Waals surface area contributed by atoms with Crippen molar-refractivity contribution in [3.8, 4) is 23.0 Å². The molecule has 0 aliphatic rings. The Morgan fingerprint density at radius 3 is 1.07 bits per heavy atom. The van der Waals surface area contributed by atoms with Gasteiger partial charge in [0.25, 0.3) is 0 Å². The molecule has 322 valence electrons. The summed E-state index contributed by atoms with van der Waals surface area (Å²) >= 11 is 0. The van der Waals surface area contributed by atoms with E-state index in [1.54, 1.807) is 0 Å². The Hall–Kier alpha value is -5.26. The lowest BCUT2D eigenvalue weighted by Crippen LogP contribution is -2.18. The molecule has 6 aromatic rings. The lowest BCUT2D eigenvalue weighted by atomic mass is 9.77. The van der Waals surface area contributed by atoms with E-state index in [2.05, 4.69) is 150 Å². The molecule has 5 nitrogen and oxygen atoms in total. The van der Waals surface area contributed by atoms with E-state index in [9.17, 15) is 15.3 Å². The van der Waals surface area contributed by atoms with Gasteiger partial charge in [0.15, 0.2) is 6.29 Å². The van der Waals surface area contributed by atoms with Crippen molar-refractivity contribution in [1.29, 1.82) is 0 Å². The van der Waals surface area contributed by atoms with Gasteiger partial charge in [0.2, 0.25) is 0 Å². The first-order chi connectivity index (χ1) is 28.8. The van der Waals surface area contributed by atoms with Crippen molar-refractivity contribution in [3.63, 3.8) is 0 Å². The van der Waals surface area contributed by atoms with Gasteiger partial charge < -0.3 is 24.8 Å². The number of phenols is 3. The average molecular weight is 821 g/mol. The first-order valence-electron chi connectivity index (χ1n) is 22.3. The van der Waals surface area contributed by atoms with E-state index >= 15 is 0 Å². The standard InChI is InChI=1S/C56H68O5/c1-15-60-38(14)61-54-23-37(13)50(29-46(54)33(8)9)56(49-28-45(32(6)7)53(59)22-36(49)12)42-19-17-39-24-41(18-16-40(39)25-42)55(47-26-43(30(2)3)51(57)20-34(47)10)48-27-44(31(4)5)52(58)21-35(48)11/h16-33,38,55-59H,15H2,1-14H3. The van der Waals surface area contributed by atoms with Gasteiger partial charge in [-0.05, 0) is 178 Å². The second-order valence-electron chi connectivity index (χ2n) is 18.5. The van der Waals surface area contributed by atoms with Crippen molar-refractivity contribution < 1.29 is 24.8 Å². The Labute approximate surface area is 365 Å². The molecule has 6 rings (SSSR count). The summed E-state index contributed by atoms with van der Waals surface area (Å²) < 4.78 is 12.2. The fourth-order valence-corrected chi connectivity index (χ4v) is 9.22. The number of ether oxygens (including phenoxy) is 2. The summed E-state index contributed by atoms with van der Waals surface area (Å²) in [6.07, 6.45) is -0.369. The van der Waals surface area contributed by atoms with E-state index in [0.717, 1.165) is 77.7 Å². The van der Waals surface area contributed by atoms with Crippen LogP contribution >= 0.6 is 0 Å². The lowest BCUT2D eigenvalue weighted by molar-refractivity contribution is -0.0619. The molecule has 0 amide bonds. The van der Waals surface area contributed by atoms with Gasteiger partial charge in [-0.2, -0.15) is 0 Å². The summed E-state index contributed by atoms with van der Waals surface area (Å²) in [6.45, 7) is 30.1. The minimum atomic E-state index is -0.369. The van der Waals surface area contributed by atoms with E-state index in [4.69, 9.17) is 9.47 Å². The summed E-state index contributed by atoms with van der Waals surface area (Å²) in [5, 5.41) is 35.4. The van der Waals surface area contributed by atoms with Crippen LogP contribution in [0.15, 0.2) is 84.9 Å². The molecule has 0 radical (unpaired) electrons. The van der Waals surface area contributed by atoms with Crippen LogP contribution in [0, 0.1) is 27.7 Å². The largest absolute Gasteiger partial charge is 0.508 e. The molecule has 0 saturated carbocycles. The number of fused-ring (bicyclic) bond motifs is 1. The predicted molar refractivity (Wildman–Crippen MR) is 254 cm³/mol. The molecule has 0 aliphatic carbocycles. The second kappa shape index (κ2) is 18.4. The van der Waals surface area contributed by atoms with Crippen LogP contribution in [0.5, 0.6) is 23.0 Å². The molecular formula is C56H68O5. The summed E-state index contributed by atoms with van der Waals surface area (Å²) in [7, 11) is 0. The Morgan fingerprint density at radius 2 is 0.738 bits per heavy atom. The number of hydrogen-bond donors (Lipinski definition) is 3. The van der Waals surface area contributed by atoms with Gasteiger partial charge in [-0.25, -0.2) is 0 Å². The monoisotopic (exact) mass is 821 g/mol. The molecule has 0 saturated heterocycles. The van der Waals surface area contributed by atoms with Crippen molar-refractivity contribution >= 4 is 10.8 Å². The third-order valence-electron chi connectivity index (χ3n) is 12.6. The second-order valence-corrected chi connectivity index (χ2v) is 18.5. The van der Waals surface area contributed by atoms with Crippen LogP contribution in [0.3, 0.4) is 0 Å². The molecule has 0 fully saturated rings. The van der Waals surface area contributed by atoms with Crippen LogP contribution in [0.25, 0.3) is 10.8 Å². The summed E-state index contributed by atoms with van der Waals surface area (Å²) in [6, 6.07) is 30.5. The Balaban J connectivity index is 1.58. The maximum absolute atomic E-state index is 11.1. The highest BCUT2D eigenvalue weighted by Gasteiger charge is 2.28. The van der Waals surface area contributed by atoms with Gasteiger partial charge >= 0.3 is 0 Å². The Morgan fingerprint density at radius 1 is 0.410 bits per heavy atom. The summed E-state index contributed by atoms with van der Waals surface area (Å²) in [4.78, 5) is 0. The fraction of sp³-hybridized carbons (Fsp3) is 0.393. The minimum Gasteiger partial charge on any atom is -0.508 e. The molecule has 0 aromatic heterocycles. The molecule has 61 heavy (non-hydrogen) atoms. The van der Waals surface area contributed by atoms with Gasteiger partial charge in [-0.3, -0.25) is 0 Å². The van der Waals surface area contributed by atoms with Gasteiger partial charge in [-0.1, -0.05) is 116 Å². The predicted octanol–water partition coefficient (Wildman–Crippen LogP) is 14.8. The third kappa shape index (κ3) is 9.33. The summed E-state index contributed by atoms with van der Waals surface area (Å²) in [5.41, 5.74) is 15.1. The normalized spacial score (nSPS) is 13.0. The molecule has 5 heteroatoms. The third-order valence-corrected chi connectivity index (χ3v) is 12.6. The molecule has 0 bridgehead atoms. The number of aryl methyl sites for hydroxylation is 4. The molecule has 2 atom stereocenters. The van der Waals surface area contributed by atoms with E-state index in [1.807, 2.05) is 32.0 Å². The van der Waals surface area contributed by atoms with Crippen LogP contribution in [0.2, 0.25) is 0 Å². The van der Waals surface area contributed by atoms with Crippen molar-refractivity contribution in [1.82, 2.24) is 0 Å². The Bertz CT molecular complexity index is 2480. The molecule has 0 heterocycles. The first-order valence-corrected chi connectivity index (χ1v) is 22.3. The van der Waals surface area contributed by atoms with E-state index in [1.165, 1.54) is 16.7 Å². The minimum absolute atomic E-state index is 0.117. The molecule has 3 N–H and O–H groups in total. The van der Waals surface area contributed by atoms with Crippen molar-refractivity contribution in [2.45, 2.75) is 139 Å². The van der Waals surface area contributed by atoms with Gasteiger partial charge in [0.05, 0.1) is 0 Å². The van der Waals surface area contributed by atoms with Crippen LogP contribution in [0.1, 0.15) is 183 Å². The fourth-order valence-electron chi connectivity index (χ4n) is 9.22. The van der Waals surface area contributed by atoms with Crippen molar-refractivity contribution in [2.24, 2.45) is 0 Å². The SMILES string of the molecule is CCOC(C)Oc1cc(C)c(C(c2ccc3cc(C(c4cc(C(C)C)c(O)cc4C)c4cc(C(C)C)c(O)cc4C)ccc3c2)c2cc(C(C)C)c(O)cc2C)cc1C(C)C. The van der Waals surface area contributed by atoms with E-state index in [0.29, 0.717) is 23.9 Å². The van der Waals surface area contributed by atoms with Gasteiger partial charge in [-0.15, -0.1) is 0 Å². The van der Waals surface area contributed by atoms with Gasteiger partial charge in [0, 0.05) is 18.4 Å².